The number of carbonyl (C=O) groups is 1. The maximum atomic E-state index is 13.0. The molecule has 0 aliphatic carbocycles. The number of unbranched alkanes of at least 4 members (excludes halogenated alkanes) is 26. The minimum absolute atomic E-state index is 0.0702. The topological polar surface area (TPSA) is 105 Å². The molecular formula is C65H118N2O6P+. The standard InChI is InChI=1S/C65H117N2O6P/c1-6-8-10-12-14-16-18-20-22-24-25-26-27-28-29-30-31-32-33-34-35-36-37-38-39-40-41-43-45-47-49-51-53-55-57-59-65(69)66-63(62-73-74(70,71)72-61-60-67(3,4)5)64(68)58-56-54-52-50-48-46-44-42-23-21-19-17-15-13-11-9-7-2/h8,10,14,16,20,22,25-26,28-29,31-32,34-35,37-38,63-64,68H,6-7,9,11-13,15,17-19,21,23-24,27,30,33,36,39-62H2,1-5H3,(H-,66,69,70,71)/p+1/b10-8-,16-14-,22-20-,26-25-,29-28-,32-31-,35-34-,38-37-. The summed E-state index contributed by atoms with van der Waals surface area (Å²) in [6, 6.07) is -0.769. The summed E-state index contributed by atoms with van der Waals surface area (Å²) in [5, 5.41) is 14.1. The minimum atomic E-state index is -4.33. The third kappa shape index (κ3) is 57.1. The van der Waals surface area contributed by atoms with Crippen LogP contribution in [0, 0.1) is 0 Å². The van der Waals surface area contributed by atoms with Gasteiger partial charge in [0, 0.05) is 6.42 Å². The molecule has 3 N–H and O–H groups in total. The molecule has 3 unspecified atom stereocenters. The van der Waals surface area contributed by atoms with Crippen LogP contribution in [0.1, 0.15) is 258 Å². The number of carbonyl (C=O) groups excluding carboxylic acids is 1. The summed E-state index contributed by atoms with van der Waals surface area (Å²) in [5.74, 6) is -0.151. The SMILES string of the molecule is CC/C=C\C/C=C\C/C=C\C/C=C\C/C=C\C/C=C\C/C=C\C/C=C\CCCCCCCCCCCCC(=O)NC(COP(=O)(O)OCC[N+](C)(C)C)C(O)CCCCCCCCCCCCCCCCCCC. The van der Waals surface area contributed by atoms with Gasteiger partial charge in [0.1, 0.15) is 13.2 Å². The maximum absolute atomic E-state index is 13.0. The molecule has 0 fully saturated rings. The highest BCUT2D eigenvalue weighted by molar-refractivity contribution is 7.47. The van der Waals surface area contributed by atoms with Gasteiger partial charge in [0.05, 0.1) is 39.9 Å². The van der Waals surface area contributed by atoms with Crippen LogP contribution in [0.2, 0.25) is 0 Å². The van der Waals surface area contributed by atoms with E-state index in [9.17, 15) is 19.4 Å². The quantitative estimate of drug-likeness (QED) is 0.0243. The third-order valence-electron chi connectivity index (χ3n) is 13.3. The fourth-order valence-corrected chi connectivity index (χ4v) is 9.33. The first-order chi connectivity index (χ1) is 36.0. The highest BCUT2D eigenvalue weighted by Crippen LogP contribution is 2.43. The van der Waals surface area contributed by atoms with Crippen LogP contribution in [0.3, 0.4) is 0 Å². The lowest BCUT2D eigenvalue weighted by Gasteiger charge is -2.26. The van der Waals surface area contributed by atoms with E-state index in [0.29, 0.717) is 23.9 Å². The van der Waals surface area contributed by atoms with Crippen LogP contribution < -0.4 is 5.32 Å². The molecule has 0 aliphatic heterocycles. The van der Waals surface area contributed by atoms with E-state index >= 15 is 0 Å². The number of aliphatic hydroxyl groups excluding tert-OH is 1. The van der Waals surface area contributed by atoms with E-state index in [-0.39, 0.29) is 19.1 Å². The Morgan fingerprint density at radius 1 is 0.473 bits per heavy atom. The van der Waals surface area contributed by atoms with Gasteiger partial charge in [-0.1, -0.05) is 272 Å². The lowest BCUT2D eigenvalue weighted by atomic mass is 10.0. The van der Waals surface area contributed by atoms with Crippen molar-refractivity contribution < 1.29 is 32.9 Å². The van der Waals surface area contributed by atoms with Crippen LogP contribution in [-0.2, 0) is 18.4 Å². The van der Waals surface area contributed by atoms with E-state index in [2.05, 4.69) is 116 Å². The number of rotatable bonds is 55. The van der Waals surface area contributed by atoms with Gasteiger partial charge in [0.25, 0.3) is 0 Å². The average Bonchev–Trinajstić information content (AvgIpc) is 3.36. The molecular weight excluding hydrogens is 936 g/mol. The number of nitrogens with zero attached hydrogens (tertiary/aromatic N) is 1. The van der Waals surface area contributed by atoms with Gasteiger partial charge in [0.15, 0.2) is 0 Å². The van der Waals surface area contributed by atoms with Crippen LogP contribution in [0.25, 0.3) is 0 Å². The molecule has 0 rings (SSSR count). The number of aliphatic hydroxyl groups is 1. The Balaban J connectivity index is 4.12. The number of nitrogens with one attached hydrogen (secondary N) is 1. The maximum Gasteiger partial charge on any atom is 0.472 e. The van der Waals surface area contributed by atoms with Crippen molar-refractivity contribution >= 4 is 13.7 Å². The second kappa shape index (κ2) is 55.2. The number of likely N-dealkylation sites (N-methyl/N-ethyl adjacent to an activating group) is 1. The van der Waals surface area contributed by atoms with Gasteiger partial charge in [0.2, 0.25) is 5.91 Å². The van der Waals surface area contributed by atoms with Crippen molar-refractivity contribution in [3.63, 3.8) is 0 Å². The Bertz CT molecular complexity index is 1520. The summed E-state index contributed by atoms with van der Waals surface area (Å²) in [4.78, 5) is 23.4. The molecule has 3 atom stereocenters. The predicted molar refractivity (Wildman–Crippen MR) is 322 cm³/mol. The van der Waals surface area contributed by atoms with Crippen LogP contribution in [0.5, 0.6) is 0 Å². The number of phosphoric acid groups is 1. The molecule has 0 aromatic carbocycles. The van der Waals surface area contributed by atoms with Gasteiger partial charge in [-0.25, -0.2) is 4.57 Å². The van der Waals surface area contributed by atoms with Crippen LogP contribution in [0.15, 0.2) is 97.2 Å². The van der Waals surface area contributed by atoms with Crippen molar-refractivity contribution in [1.82, 2.24) is 5.32 Å². The van der Waals surface area contributed by atoms with Gasteiger partial charge < -0.3 is 19.8 Å². The largest absolute Gasteiger partial charge is 0.472 e. The van der Waals surface area contributed by atoms with Crippen LogP contribution in [-0.4, -0.2) is 73.4 Å². The Labute approximate surface area is 458 Å². The Hall–Kier alpha value is -2.58. The molecule has 0 saturated carbocycles. The molecule has 8 nitrogen and oxygen atoms in total. The third-order valence-corrected chi connectivity index (χ3v) is 14.3. The molecule has 0 bridgehead atoms. The van der Waals surface area contributed by atoms with E-state index in [1.165, 1.54) is 135 Å². The van der Waals surface area contributed by atoms with Gasteiger partial charge in [-0.2, -0.15) is 0 Å². The summed E-state index contributed by atoms with van der Waals surface area (Å²) in [7, 11) is 1.61. The molecule has 0 heterocycles. The number of hydrogen-bond donors (Lipinski definition) is 3. The highest BCUT2D eigenvalue weighted by atomic mass is 31.2. The molecule has 1 amide bonds. The molecule has 0 saturated heterocycles. The van der Waals surface area contributed by atoms with Crippen molar-refractivity contribution in [2.24, 2.45) is 0 Å². The van der Waals surface area contributed by atoms with Gasteiger partial charge in [-0.05, 0) is 77.0 Å². The second-order valence-electron chi connectivity index (χ2n) is 21.7. The smallest absolute Gasteiger partial charge is 0.391 e. The molecule has 0 spiro atoms. The lowest BCUT2D eigenvalue weighted by molar-refractivity contribution is -0.870. The number of amides is 1. The monoisotopic (exact) mass is 1050 g/mol. The predicted octanol–water partition coefficient (Wildman–Crippen LogP) is 19.0. The van der Waals surface area contributed by atoms with Crippen LogP contribution in [0.4, 0.5) is 0 Å². The van der Waals surface area contributed by atoms with Gasteiger partial charge >= 0.3 is 7.82 Å². The van der Waals surface area contributed by atoms with Crippen molar-refractivity contribution in [2.75, 3.05) is 40.9 Å². The molecule has 9 heteroatoms. The fraction of sp³-hybridized carbons (Fsp3) is 0.738. The average molecular weight is 1050 g/mol. The van der Waals surface area contributed by atoms with Crippen molar-refractivity contribution in [3.8, 4) is 0 Å². The first-order valence-electron chi connectivity index (χ1n) is 30.6. The highest BCUT2D eigenvalue weighted by Gasteiger charge is 2.28. The zero-order valence-electron chi connectivity index (χ0n) is 48.8. The molecule has 0 aromatic rings. The Kier molecular flexibility index (Phi) is 53.3. The van der Waals surface area contributed by atoms with Crippen molar-refractivity contribution in [3.05, 3.63) is 97.2 Å². The number of allylic oxidation sites excluding steroid dienone is 16. The number of phosphoric ester groups is 1. The minimum Gasteiger partial charge on any atom is -0.391 e. The van der Waals surface area contributed by atoms with E-state index in [1.807, 2.05) is 21.1 Å². The molecule has 0 radical (unpaired) electrons. The van der Waals surface area contributed by atoms with Gasteiger partial charge in [-0.3, -0.25) is 13.8 Å². The van der Waals surface area contributed by atoms with E-state index < -0.39 is 20.0 Å². The summed E-state index contributed by atoms with van der Waals surface area (Å²) >= 11 is 0. The van der Waals surface area contributed by atoms with Crippen molar-refractivity contribution in [2.45, 2.75) is 270 Å². The Morgan fingerprint density at radius 2 is 0.811 bits per heavy atom. The molecule has 0 aliphatic rings. The first-order valence-corrected chi connectivity index (χ1v) is 32.1. The summed E-state index contributed by atoms with van der Waals surface area (Å²) in [6.07, 6.45) is 78.9. The summed E-state index contributed by atoms with van der Waals surface area (Å²) in [5.41, 5.74) is 0. The second-order valence-corrected chi connectivity index (χ2v) is 23.2. The molecule has 74 heavy (non-hydrogen) atoms. The van der Waals surface area contributed by atoms with Crippen LogP contribution >= 0.6 is 7.82 Å². The summed E-state index contributed by atoms with van der Waals surface area (Å²) < 4.78 is 23.8. The van der Waals surface area contributed by atoms with E-state index in [0.717, 1.165) is 96.3 Å². The zero-order chi connectivity index (χ0) is 54.2. The fourth-order valence-electron chi connectivity index (χ4n) is 8.59. The normalized spacial score (nSPS) is 14.5. The number of hydrogen-bond acceptors (Lipinski definition) is 5. The van der Waals surface area contributed by atoms with E-state index in [1.54, 1.807) is 0 Å². The van der Waals surface area contributed by atoms with Crippen molar-refractivity contribution in [1.29, 1.82) is 0 Å². The van der Waals surface area contributed by atoms with Gasteiger partial charge in [-0.15, -0.1) is 0 Å². The van der Waals surface area contributed by atoms with E-state index in [4.69, 9.17) is 9.05 Å². The first kappa shape index (κ1) is 71.4. The lowest BCUT2D eigenvalue weighted by Crippen LogP contribution is -2.46. The molecule has 0 aromatic heterocycles. The Morgan fingerprint density at radius 3 is 1.19 bits per heavy atom. The number of quaternary nitrogens is 1. The summed E-state index contributed by atoms with van der Waals surface area (Å²) in [6.45, 7) is 4.78. The molecule has 428 valence electrons. The zero-order valence-corrected chi connectivity index (χ0v) is 49.7.